The number of rotatable bonds is 4. The maximum absolute atomic E-state index is 13.2. The number of fused-ring (bicyclic) bond motifs is 1. The summed E-state index contributed by atoms with van der Waals surface area (Å²) in [5.74, 6) is 0.475. The van der Waals surface area contributed by atoms with Crippen molar-refractivity contribution in [3.05, 3.63) is 40.4 Å². The molecule has 1 atom stereocenters. The molecule has 2 aliphatic heterocycles. The fourth-order valence-corrected chi connectivity index (χ4v) is 5.78. The minimum atomic E-state index is 0.157. The first-order chi connectivity index (χ1) is 14.7. The Kier molecular flexibility index (Phi) is 5.60. The van der Waals surface area contributed by atoms with Gasteiger partial charge in [0.25, 0.3) is 5.91 Å². The van der Waals surface area contributed by atoms with Crippen LogP contribution in [0.1, 0.15) is 71.9 Å². The molecular weight excluding hydrogens is 396 g/mol. The lowest BCUT2D eigenvalue weighted by Crippen LogP contribution is -2.36. The van der Waals surface area contributed by atoms with Crippen molar-refractivity contribution in [2.24, 2.45) is 0 Å². The normalized spacial score (nSPS) is 21.2. The van der Waals surface area contributed by atoms with E-state index in [-0.39, 0.29) is 5.91 Å². The number of amides is 1. The molecule has 0 aromatic carbocycles. The number of nitrogens with zero attached hydrogens (tertiary/aromatic N) is 5. The van der Waals surface area contributed by atoms with Crippen molar-refractivity contribution in [3.63, 3.8) is 0 Å². The smallest absolute Gasteiger partial charge is 0.257 e. The van der Waals surface area contributed by atoms with Gasteiger partial charge >= 0.3 is 0 Å². The second-order valence-corrected chi connectivity index (χ2v) is 9.55. The van der Waals surface area contributed by atoms with Gasteiger partial charge in [0.15, 0.2) is 4.96 Å². The number of hydrogen-bond acceptors (Lipinski definition) is 5. The van der Waals surface area contributed by atoms with E-state index in [1.807, 2.05) is 4.90 Å². The average Bonchev–Trinajstić information content (AvgIpc) is 3.41. The molecule has 5 rings (SSSR count). The van der Waals surface area contributed by atoms with Crippen LogP contribution in [-0.2, 0) is 6.54 Å². The number of likely N-dealkylation sites (tertiary alicyclic amines) is 2. The molecule has 3 aromatic rings. The fraction of sp³-hybridized carbons (Fsp3) is 0.591. The summed E-state index contributed by atoms with van der Waals surface area (Å²) in [5, 5.41) is 9.56. The lowest BCUT2D eigenvalue weighted by atomic mass is 9.92. The molecule has 0 spiro atoms. The third-order valence-electron chi connectivity index (χ3n) is 6.64. The monoisotopic (exact) mass is 426 g/mol. The van der Waals surface area contributed by atoms with Crippen LogP contribution in [0.5, 0.6) is 0 Å². The molecule has 1 unspecified atom stereocenters. The van der Waals surface area contributed by atoms with E-state index >= 15 is 0 Å². The van der Waals surface area contributed by atoms with Gasteiger partial charge in [-0.1, -0.05) is 12.8 Å². The number of carbonyl (C=O) groups is 1. The van der Waals surface area contributed by atoms with Gasteiger partial charge in [-0.3, -0.25) is 19.2 Å². The molecule has 1 amide bonds. The van der Waals surface area contributed by atoms with Gasteiger partial charge in [0.1, 0.15) is 0 Å². The molecular formula is C22H30N6OS. The summed E-state index contributed by atoms with van der Waals surface area (Å²) < 4.78 is 2.22. The second kappa shape index (κ2) is 8.51. The second-order valence-electron chi connectivity index (χ2n) is 8.68. The highest BCUT2D eigenvalue weighted by Crippen LogP contribution is 2.30. The van der Waals surface area contributed by atoms with Crippen LogP contribution in [0.15, 0.2) is 17.8 Å². The summed E-state index contributed by atoms with van der Waals surface area (Å²) in [7, 11) is 0. The van der Waals surface area contributed by atoms with Crippen LogP contribution in [0.2, 0.25) is 0 Å². The Hall–Kier alpha value is -2.19. The third kappa shape index (κ3) is 3.78. The predicted octanol–water partition coefficient (Wildman–Crippen LogP) is 3.82. The van der Waals surface area contributed by atoms with Gasteiger partial charge in [0.2, 0.25) is 0 Å². The van der Waals surface area contributed by atoms with Crippen LogP contribution in [-0.4, -0.2) is 61.5 Å². The van der Waals surface area contributed by atoms with Gasteiger partial charge in [0, 0.05) is 43.7 Å². The number of imidazole rings is 1. The fourth-order valence-electron chi connectivity index (χ4n) is 5.00. The van der Waals surface area contributed by atoms with E-state index < -0.39 is 0 Å². The zero-order valence-corrected chi connectivity index (χ0v) is 18.5. The molecule has 0 radical (unpaired) electrons. The Morgan fingerprint density at radius 3 is 2.87 bits per heavy atom. The van der Waals surface area contributed by atoms with E-state index in [1.54, 1.807) is 17.5 Å². The van der Waals surface area contributed by atoms with Gasteiger partial charge in [-0.25, -0.2) is 4.98 Å². The molecule has 30 heavy (non-hydrogen) atoms. The van der Waals surface area contributed by atoms with Gasteiger partial charge in [-0.15, -0.1) is 11.3 Å². The van der Waals surface area contributed by atoms with Crippen molar-refractivity contribution in [2.45, 2.75) is 57.9 Å². The lowest BCUT2D eigenvalue weighted by molar-refractivity contribution is 0.0759. The molecule has 0 bridgehead atoms. The first kappa shape index (κ1) is 19.8. The Labute approximate surface area is 181 Å². The van der Waals surface area contributed by atoms with Gasteiger partial charge in [-0.05, 0) is 39.2 Å². The first-order valence-corrected chi connectivity index (χ1v) is 12.0. The summed E-state index contributed by atoms with van der Waals surface area (Å²) >= 11 is 1.68. The largest absolute Gasteiger partial charge is 0.339 e. The highest BCUT2D eigenvalue weighted by atomic mass is 32.1. The zero-order valence-electron chi connectivity index (χ0n) is 17.6. The number of hydrogen-bond donors (Lipinski definition) is 1. The molecule has 0 saturated carbocycles. The molecule has 2 saturated heterocycles. The Morgan fingerprint density at radius 1 is 1.20 bits per heavy atom. The maximum Gasteiger partial charge on any atom is 0.257 e. The van der Waals surface area contributed by atoms with Crippen LogP contribution in [0, 0.1) is 6.92 Å². The van der Waals surface area contributed by atoms with Crippen LogP contribution >= 0.6 is 11.3 Å². The Balaban J connectivity index is 1.32. The number of aromatic amines is 1. The molecule has 2 aliphatic rings. The number of carbonyl (C=O) groups excluding carboxylic acids is 1. The number of aromatic nitrogens is 4. The van der Waals surface area contributed by atoms with Crippen molar-refractivity contribution >= 4 is 22.2 Å². The topological polar surface area (TPSA) is 69.5 Å². The lowest BCUT2D eigenvalue weighted by Gasteiger charge is -2.32. The van der Waals surface area contributed by atoms with Crippen molar-refractivity contribution in [1.82, 2.24) is 29.4 Å². The van der Waals surface area contributed by atoms with Crippen LogP contribution in [0.4, 0.5) is 0 Å². The summed E-state index contributed by atoms with van der Waals surface area (Å²) in [5.41, 5.74) is 4.20. The molecule has 160 valence electrons. The average molecular weight is 427 g/mol. The summed E-state index contributed by atoms with van der Waals surface area (Å²) in [6, 6.07) is 0. The molecule has 3 aromatic heterocycles. The minimum Gasteiger partial charge on any atom is -0.339 e. The molecule has 7 nitrogen and oxygen atoms in total. The molecule has 5 heterocycles. The quantitative estimate of drug-likeness (QED) is 0.689. The van der Waals surface area contributed by atoms with Gasteiger partial charge in [-0.2, -0.15) is 5.10 Å². The molecule has 2 fully saturated rings. The van der Waals surface area contributed by atoms with Crippen LogP contribution in [0.3, 0.4) is 0 Å². The van der Waals surface area contributed by atoms with E-state index in [1.165, 1.54) is 18.5 Å². The summed E-state index contributed by atoms with van der Waals surface area (Å²) in [4.78, 5) is 23.5. The zero-order chi connectivity index (χ0) is 20.5. The number of nitrogens with one attached hydrogen (secondary N) is 1. The van der Waals surface area contributed by atoms with Gasteiger partial charge in [0.05, 0.1) is 28.8 Å². The SMILES string of the molecule is Cc1nc2sccn2c1CN1CCCC(c2[nH]ncc2C(=O)N2CCCCCC2)C1. The predicted molar refractivity (Wildman–Crippen MR) is 118 cm³/mol. The number of aryl methyl sites for hydroxylation is 1. The van der Waals surface area contributed by atoms with E-state index in [0.717, 1.165) is 80.3 Å². The van der Waals surface area contributed by atoms with Gasteiger partial charge < -0.3 is 4.90 Å². The number of H-pyrrole nitrogens is 1. The number of thiazole rings is 1. The highest BCUT2D eigenvalue weighted by Gasteiger charge is 2.29. The van der Waals surface area contributed by atoms with Crippen LogP contribution in [0.25, 0.3) is 4.96 Å². The maximum atomic E-state index is 13.2. The van der Waals surface area contributed by atoms with E-state index in [2.05, 4.69) is 38.0 Å². The van der Waals surface area contributed by atoms with E-state index in [4.69, 9.17) is 4.98 Å². The molecule has 1 N–H and O–H groups in total. The van der Waals surface area contributed by atoms with E-state index in [9.17, 15) is 4.79 Å². The highest BCUT2D eigenvalue weighted by molar-refractivity contribution is 7.15. The Bertz CT molecular complexity index is 1010. The minimum absolute atomic E-state index is 0.157. The summed E-state index contributed by atoms with van der Waals surface area (Å²) in [6.07, 6.45) is 10.8. The summed E-state index contributed by atoms with van der Waals surface area (Å²) in [6.45, 7) is 6.76. The first-order valence-electron chi connectivity index (χ1n) is 11.2. The van der Waals surface area contributed by atoms with Crippen LogP contribution < -0.4 is 0 Å². The standard InChI is InChI=1S/C22H30N6OS/c1-16-19(28-11-12-30-22(28)24-16)15-26-8-6-7-17(14-26)20-18(13-23-25-20)21(29)27-9-4-2-3-5-10-27/h11-13,17H,2-10,14-15H2,1H3,(H,23,25). The van der Waals surface area contributed by atoms with E-state index in [0.29, 0.717) is 5.92 Å². The van der Waals surface area contributed by atoms with Crippen molar-refractivity contribution in [2.75, 3.05) is 26.2 Å². The Morgan fingerprint density at radius 2 is 2.03 bits per heavy atom. The third-order valence-corrected chi connectivity index (χ3v) is 7.40. The number of piperidine rings is 1. The van der Waals surface area contributed by atoms with Crippen molar-refractivity contribution in [3.8, 4) is 0 Å². The molecule has 0 aliphatic carbocycles. The van der Waals surface area contributed by atoms with Crippen molar-refractivity contribution < 1.29 is 4.79 Å². The van der Waals surface area contributed by atoms with Crippen molar-refractivity contribution in [1.29, 1.82) is 0 Å². The molecule has 8 heteroatoms.